The number of rotatable bonds is 10. The molecule has 0 aromatic heterocycles. The summed E-state index contributed by atoms with van der Waals surface area (Å²) in [5.74, 6) is 0.517. The zero-order chi connectivity index (χ0) is 25.8. The summed E-state index contributed by atoms with van der Waals surface area (Å²) >= 11 is 12.1. The maximum Gasteiger partial charge on any atom is 0.365 e. The fraction of sp³-hybridized carbons (Fsp3) is 0.323. The van der Waals surface area contributed by atoms with Gasteiger partial charge in [-0.25, -0.2) is 4.79 Å². The van der Waals surface area contributed by atoms with Gasteiger partial charge >= 0.3 is 5.97 Å². The van der Waals surface area contributed by atoms with Gasteiger partial charge in [-0.05, 0) is 77.8 Å². The van der Waals surface area contributed by atoms with Gasteiger partial charge in [-0.2, -0.15) is 0 Å². The Morgan fingerprint density at radius 2 is 1.49 bits per heavy atom. The van der Waals surface area contributed by atoms with Crippen LogP contribution in [0.2, 0.25) is 0 Å². The quantitative estimate of drug-likeness (QED) is 0.116. The molecule has 3 aromatic carbocycles. The monoisotopic (exact) mass is 533 g/mol. The van der Waals surface area contributed by atoms with Crippen molar-refractivity contribution in [2.75, 3.05) is 11.8 Å². The molecule has 4 nitrogen and oxygen atoms in total. The van der Waals surface area contributed by atoms with Crippen LogP contribution in [0, 0.1) is 0 Å². The highest BCUT2D eigenvalue weighted by molar-refractivity contribution is 6.49. The standard InChI is InChI=1S/C31H29Cl2NO3/c32-16-8-6-14-31(15-7-9-17-33)26-13-5-4-12-23(26)25-18-22-19-28(29(35)24(22)20-27(25)31)34-37-30(36)21-10-2-1-3-11-21/h1-5,10-13,18,20H,6-9,14-17,19H2/b34-28+. The van der Waals surface area contributed by atoms with Crippen LogP contribution < -0.4 is 0 Å². The van der Waals surface area contributed by atoms with Crippen molar-refractivity contribution in [3.05, 3.63) is 94.5 Å². The lowest BCUT2D eigenvalue weighted by molar-refractivity contribution is 0.0515. The lowest BCUT2D eigenvalue weighted by atomic mass is 9.70. The Bertz CT molecular complexity index is 1340. The van der Waals surface area contributed by atoms with E-state index >= 15 is 0 Å². The van der Waals surface area contributed by atoms with Gasteiger partial charge in [0.15, 0.2) is 0 Å². The number of carbonyl (C=O) groups excluding carboxylic acids is 2. The minimum atomic E-state index is -0.578. The molecule has 0 saturated heterocycles. The molecule has 6 heteroatoms. The molecule has 0 unspecified atom stereocenters. The van der Waals surface area contributed by atoms with Crippen molar-refractivity contribution in [3.63, 3.8) is 0 Å². The van der Waals surface area contributed by atoms with Crippen molar-refractivity contribution in [1.29, 1.82) is 0 Å². The molecule has 2 aliphatic rings. The maximum absolute atomic E-state index is 13.4. The van der Waals surface area contributed by atoms with Crippen molar-refractivity contribution in [2.24, 2.45) is 5.16 Å². The van der Waals surface area contributed by atoms with E-state index in [2.05, 4.69) is 41.6 Å². The average molecular weight is 534 g/mol. The molecule has 0 radical (unpaired) electrons. The predicted octanol–water partition coefficient (Wildman–Crippen LogP) is 7.72. The summed E-state index contributed by atoms with van der Waals surface area (Å²) in [5, 5.41) is 3.99. The van der Waals surface area contributed by atoms with E-state index in [1.54, 1.807) is 24.3 Å². The number of Topliss-reactive ketones (excluding diaryl/α,β-unsaturated/α-hetero) is 1. The number of hydrogen-bond acceptors (Lipinski definition) is 4. The van der Waals surface area contributed by atoms with Gasteiger partial charge < -0.3 is 4.84 Å². The first-order valence-electron chi connectivity index (χ1n) is 12.9. The van der Waals surface area contributed by atoms with Crippen LogP contribution in [0.5, 0.6) is 0 Å². The number of ketones is 1. The zero-order valence-electron chi connectivity index (χ0n) is 20.6. The normalized spacial score (nSPS) is 15.9. The zero-order valence-corrected chi connectivity index (χ0v) is 22.2. The molecule has 0 atom stereocenters. The summed E-state index contributed by atoms with van der Waals surface area (Å²) in [6, 6.07) is 21.5. The minimum Gasteiger partial charge on any atom is -0.312 e. The number of halogens is 2. The van der Waals surface area contributed by atoms with Crippen LogP contribution in [0.1, 0.15) is 75.9 Å². The van der Waals surface area contributed by atoms with Gasteiger partial charge in [0.25, 0.3) is 0 Å². The molecule has 0 aliphatic heterocycles. The number of nitrogens with zero attached hydrogens (tertiary/aromatic N) is 1. The maximum atomic E-state index is 13.4. The van der Waals surface area contributed by atoms with Crippen LogP contribution in [0.3, 0.4) is 0 Å². The molecule has 0 spiro atoms. The van der Waals surface area contributed by atoms with Crippen molar-refractivity contribution < 1.29 is 14.4 Å². The topological polar surface area (TPSA) is 55.7 Å². The number of benzene rings is 3. The van der Waals surface area contributed by atoms with Gasteiger partial charge in [-0.3, -0.25) is 4.79 Å². The van der Waals surface area contributed by atoms with E-state index < -0.39 is 5.97 Å². The van der Waals surface area contributed by atoms with Crippen LogP contribution in [-0.4, -0.2) is 29.2 Å². The fourth-order valence-electron chi connectivity index (χ4n) is 5.82. The molecule has 3 aromatic rings. The van der Waals surface area contributed by atoms with Crippen LogP contribution >= 0.6 is 23.2 Å². The molecule has 0 heterocycles. The molecule has 5 rings (SSSR count). The average Bonchev–Trinajstić information content (AvgIpc) is 3.38. The van der Waals surface area contributed by atoms with E-state index in [0.29, 0.717) is 29.3 Å². The Morgan fingerprint density at radius 3 is 2.19 bits per heavy atom. The second-order valence-corrected chi connectivity index (χ2v) is 10.5. The smallest absolute Gasteiger partial charge is 0.312 e. The number of fused-ring (bicyclic) bond motifs is 4. The van der Waals surface area contributed by atoms with Crippen molar-refractivity contribution >= 4 is 40.7 Å². The van der Waals surface area contributed by atoms with E-state index in [1.807, 2.05) is 6.07 Å². The lowest BCUT2D eigenvalue weighted by Crippen LogP contribution is -2.26. The third-order valence-corrected chi connectivity index (χ3v) is 8.11. The Kier molecular flexibility index (Phi) is 7.78. The predicted molar refractivity (Wildman–Crippen MR) is 149 cm³/mol. The second-order valence-electron chi connectivity index (χ2n) is 9.76. The van der Waals surface area contributed by atoms with Crippen molar-refractivity contribution in [3.8, 4) is 11.1 Å². The van der Waals surface area contributed by atoms with Gasteiger partial charge in [0.2, 0.25) is 5.78 Å². The molecule has 0 fully saturated rings. The van der Waals surface area contributed by atoms with E-state index in [-0.39, 0.29) is 16.9 Å². The molecule has 0 saturated carbocycles. The fourth-order valence-corrected chi connectivity index (χ4v) is 6.20. The number of carbonyl (C=O) groups is 2. The van der Waals surface area contributed by atoms with Crippen molar-refractivity contribution in [1.82, 2.24) is 0 Å². The first-order chi connectivity index (χ1) is 18.1. The van der Waals surface area contributed by atoms with Gasteiger partial charge in [0.1, 0.15) is 5.71 Å². The highest BCUT2D eigenvalue weighted by atomic mass is 35.5. The first-order valence-corrected chi connectivity index (χ1v) is 13.9. The number of unbranched alkanes of at least 4 members (excludes halogenated alkanes) is 2. The van der Waals surface area contributed by atoms with Gasteiger partial charge in [0, 0.05) is 29.2 Å². The van der Waals surface area contributed by atoms with E-state index in [9.17, 15) is 9.59 Å². The van der Waals surface area contributed by atoms with Crippen LogP contribution in [0.25, 0.3) is 11.1 Å². The molecular formula is C31H29Cl2NO3. The van der Waals surface area contributed by atoms with Crippen molar-refractivity contribution in [2.45, 2.75) is 50.4 Å². The minimum absolute atomic E-state index is 0.176. The third kappa shape index (κ3) is 4.85. The molecular weight excluding hydrogens is 505 g/mol. The molecule has 37 heavy (non-hydrogen) atoms. The summed E-state index contributed by atoms with van der Waals surface area (Å²) in [5.41, 5.74) is 6.98. The van der Waals surface area contributed by atoms with Gasteiger partial charge in [-0.1, -0.05) is 60.5 Å². The Morgan fingerprint density at radius 1 is 0.811 bits per heavy atom. The van der Waals surface area contributed by atoms with Crippen LogP contribution in [0.15, 0.2) is 71.9 Å². The largest absolute Gasteiger partial charge is 0.365 e. The van der Waals surface area contributed by atoms with E-state index in [4.69, 9.17) is 28.0 Å². The van der Waals surface area contributed by atoms with Crippen LogP contribution in [-0.2, 0) is 16.7 Å². The summed E-state index contributed by atoms with van der Waals surface area (Å²) in [6.45, 7) is 0. The highest BCUT2D eigenvalue weighted by Crippen LogP contribution is 2.55. The first kappa shape index (κ1) is 25.7. The lowest BCUT2D eigenvalue weighted by Gasteiger charge is -2.33. The Balaban J connectivity index is 1.51. The Labute approximate surface area is 227 Å². The Hall–Kier alpha value is -2.95. The van der Waals surface area contributed by atoms with Gasteiger partial charge in [0.05, 0.1) is 5.56 Å². The summed E-state index contributed by atoms with van der Waals surface area (Å²) in [4.78, 5) is 30.9. The number of hydrogen-bond donors (Lipinski definition) is 0. The van der Waals surface area contributed by atoms with E-state index in [0.717, 1.165) is 44.1 Å². The van der Waals surface area contributed by atoms with Crippen LogP contribution in [0.4, 0.5) is 0 Å². The molecule has 0 amide bonds. The number of oxime groups is 1. The molecule has 190 valence electrons. The molecule has 0 N–H and O–H groups in total. The summed E-state index contributed by atoms with van der Waals surface area (Å²) in [7, 11) is 0. The third-order valence-electron chi connectivity index (χ3n) is 7.58. The highest BCUT2D eigenvalue weighted by Gasteiger charge is 2.44. The SMILES string of the molecule is O=C(O/N=C1\Cc2cc3c(cc2C1=O)C(CCCCCl)(CCCCCl)c1ccccc1-3)c1ccccc1. The second kappa shape index (κ2) is 11.2. The summed E-state index contributed by atoms with van der Waals surface area (Å²) in [6.07, 6.45) is 6.19. The van der Waals surface area contributed by atoms with E-state index in [1.165, 1.54) is 22.3 Å². The summed E-state index contributed by atoms with van der Waals surface area (Å²) < 4.78 is 0. The number of alkyl halides is 2. The molecule has 0 bridgehead atoms. The van der Waals surface area contributed by atoms with Gasteiger partial charge in [-0.15, -0.1) is 23.2 Å². The molecule has 2 aliphatic carbocycles.